The number of hydrogen-bond donors (Lipinski definition) is 4. The fourth-order valence-electron chi connectivity index (χ4n) is 8.45. The van der Waals surface area contributed by atoms with Crippen molar-refractivity contribution >= 4 is 66.8 Å². The van der Waals surface area contributed by atoms with E-state index in [-0.39, 0.29) is 19.2 Å². The van der Waals surface area contributed by atoms with Crippen LogP contribution in [0.25, 0.3) is 43.6 Å². The van der Waals surface area contributed by atoms with E-state index in [4.69, 9.17) is 0 Å². The maximum Gasteiger partial charge on any atom is 0.219 e. The Balaban J connectivity index is 0.00000726. The second-order valence-electron chi connectivity index (χ2n) is 17.1. The van der Waals surface area contributed by atoms with Gasteiger partial charge in [0.15, 0.2) is 0 Å². The Morgan fingerprint density at radius 1 is 0.468 bits per heavy atom. The van der Waals surface area contributed by atoms with Crippen LogP contribution in [-0.2, 0) is 35.8 Å². The van der Waals surface area contributed by atoms with Crippen molar-refractivity contribution in [3.63, 3.8) is 0 Å². The molecule has 6 aromatic rings. The van der Waals surface area contributed by atoms with E-state index in [1.54, 1.807) is 0 Å². The molecule has 0 aliphatic heterocycles. The van der Waals surface area contributed by atoms with Gasteiger partial charge in [0, 0.05) is 137 Å². The number of rotatable bonds is 24. The Hall–Kier alpha value is -5.32. The second-order valence-corrected chi connectivity index (χ2v) is 17.1. The average molecular weight is 843 g/mol. The molecular formula is C52H74N8O2+2. The summed E-state index contributed by atoms with van der Waals surface area (Å²) in [6.07, 6.45) is 9.71. The van der Waals surface area contributed by atoms with E-state index in [1.165, 1.54) is 66.1 Å². The molecule has 0 bridgehead atoms. The molecule has 0 unspecified atom stereocenters. The minimum absolute atomic E-state index is 0. The monoisotopic (exact) mass is 843 g/mol. The van der Waals surface area contributed by atoms with Gasteiger partial charge < -0.3 is 31.1 Å². The van der Waals surface area contributed by atoms with Crippen LogP contribution in [0.15, 0.2) is 84.9 Å². The molecule has 10 heteroatoms. The lowest BCUT2D eigenvalue weighted by molar-refractivity contribution is -0.646. The van der Waals surface area contributed by atoms with Gasteiger partial charge in [-0.2, -0.15) is 9.13 Å². The maximum absolute atomic E-state index is 12.6. The van der Waals surface area contributed by atoms with E-state index in [1.807, 2.05) is 14.1 Å². The summed E-state index contributed by atoms with van der Waals surface area (Å²) in [5, 5.41) is 17.8. The number of nitrogens with zero attached hydrogens (tertiary/aromatic N) is 4. The van der Waals surface area contributed by atoms with E-state index < -0.39 is 0 Å². The summed E-state index contributed by atoms with van der Waals surface area (Å²) in [6, 6.07) is 31.5. The summed E-state index contributed by atoms with van der Waals surface area (Å²) < 4.78 is 4.94. The molecule has 4 aromatic carbocycles. The van der Waals surface area contributed by atoms with Gasteiger partial charge in [-0.1, -0.05) is 19.6 Å². The highest BCUT2D eigenvalue weighted by Crippen LogP contribution is 2.26. The summed E-state index contributed by atoms with van der Waals surface area (Å²) in [6.45, 7) is 4.86. The fourth-order valence-corrected chi connectivity index (χ4v) is 8.45. The van der Waals surface area contributed by atoms with Crippen molar-refractivity contribution in [2.75, 3.05) is 65.2 Å². The lowest BCUT2D eigenvalue weighted by atomic mass is 10.0. The van der Waals surface area contributed by atoms with Gasteiger partial charge in [0.1, 0.15) is 13.1 Å². The number of benzene rings is 4. The van der Waals surface area contributed by atoms with Crippen LogP contribution in [0.3, 0.4) is 0 Å². The van der Waals surface area contributed by atoms with Crippen LogP contribution in [0.1, 0.15) is 89.2 Å². The van der Waals surface area contributed by atoms with E-state index in [0.717, 1.165) is 84.0 Å². The zero-order valence-electron chi connectivity index (χ0n) is 37.7. The van der Waals surface area contributed by atoms with Crippen molar-refractivity contribution in [3.8, 4) is 0 Å². The predicted octanol–water partition coefficient (Wildman–Crippen LogP) is 8.31. The van der Waals surface area contributed by atoms with Crippen LogP contribution in [0, 0.1) is 0 Å². The highest BCUT2D eigenvalue weighted by atomic mass is 16.2. The molecule has 332 valence electrons. The minimum Gasteiger partial charge on any atom is -0.377 e. The quantitative estimate of drug-likeness (QED) is 0.0279. The van der Waals surface area contributed by atoms with E-state index >= 15 is 0 Å². The number of aryl methyl sites for hydroxylation is 2. The molecule has 2 amide bonds. The van der Waals surface area contributed by atoms with E-state index in [0.29, 0.717) is 25.9 Å². The third-order valence-corrected chi connectivity index (χ3v) is 11.9. The zero-order chi connectivity index (χ0) is 43.1. The first-order chi connectivity index (χ1) is 29.6. The van der Waals surface area contributed by atoms with Gasteiger partial charge in [-0.15, -0.1) is 0 Å². The Labute approximate surface area is 371 Å². The summed E-state index contributed by atoms with van der Waals surface area (Å²) >= 11 is 0. The molecule has 0 aliphatic carbocycles. The summed E-state index contributed by atoms with van der Waals surface area (Å²) in [7, 11) is 12.3. The van der Waals surface area contributed by atoms with Gasteiger partial charge in [-0.05, 0) is 119 Å². The SMILES string of the molecule is C.CNCc1ccc2cc3ccc(CNC)cc3[n+](CCCCCC(=O)NCCCCCNC(=O)CCCCC[n+]3c4cc(N(C)C)ccc4cc4ccc(N(C)C)cc43)c2c1. The molecule has 0 fully saturated rings. The molecule has 62 heavy (non-hydrogen) atoms. The number of aromatic nitrogens is 2. The van der Waals surface area contributed by atoms with Gasteiger partial charge in [0.05, 0.1) is 0 Å². The zero-order valence-corrected chi connectivity index (χ0v) is 37.7. The number of anilines is 2. The largest absolute Gasteiger partial charge is 0.377 e. The van der Waals surface area contributed by atoms with Crippen molar-refractivity contribution < 1.29 is 18.7 Å². The minimum atomic E-state index is 0. The predicted molar refractivity (Wildman–Crippen MR) is 261 cm³/mol. The highest BCUT2D eigenvalue weighted by molar-refractivity contribution is 5.92. The average Bonchev–Trinajstić information content (AvgIpc) is 3.25. The van der Waals surface area contributed by atoms with Crippen LogP contribution in [0.2, 0.25) is 0 Å². The van der Waals surface area contributed by atoms with Gasteiger partial charge in [0.2, 0.25) is 33.9 Å². The first-order valence-electron chi connectivity index (χ1n) is 22.6. The molecule has 0 atom stereocenters. The molecule has 0 radical (unpaired) electrons. The number of fused-ring (bicyclic) bond motifs is 4. The summed E-state index contributed by atoms with van der Waals surface area (Å²) in [5.74, 6) is 0.264. The van der Waals surface area contributed by atoms with E-state index in [2.05, 4.69) is 153 Å². The molecule has 4 N–H and O–H groups in total. The first kappa shape index (κ1) is 47.7. The smallest absolute Gasteiger partial charge is 0.219 e. The molecule has 0 spiro atoms. The van der Waals surface area contributed by atoms with Crippen LogP contribution in [-0.4, -0.2) is 67.2 Å². The van der Waals surface area contributed by atoms with E-state index in [9.17, 15) is 9.59 Å². The highest BCUT2D eigenvalue weighted by Gasteiger charge is 2.19. The van der Waals surface area contributed by atoms with Crippen molar-refractivity contribution in [1.82, 2.24) is 21.3 Å². The first-order valence-corrected chi connectivity index (χ1v) is 22.6. The van der Waals surface area contributed by atoms with Gasteiger partial charge in [-0.25, -0.2) is 0 Å². The second kappa shape index (κ2) is 23.8. The Kier molecular flexibility index (Phi) is 18.3. The lowest BCUT2D eigenvalue weighted by Gasteiger charge is -2.15. The summed E-state index contributed by atoms with van der Waals surface area (Å²) in [5.41, 5.74) is 9.92. The molecule has 10 nitrogen and oxygen atoms in total. The van der Waals surface area contributed by atoms with Gasteiger partial charge in [0.25, 0.3) is 0 Å². The van der Waals surface area contributed by atoms with Crippen molar-refractivity contribution in [3.05, 3.63) is 96.1 Å². The molecule has 0 saturated heterocycles. The van der Waals surface area contributed by atoms with Crippen molar-refractivity contribution in [2.24, 2.45) is 0 Å². The molecule has 2 aromatic heterocycles. The Morgan fingerprint density at radius 2 is 0.839 bits per heavy atom. The number of carbonyl (C=O) groups is 2. The van der Waals surface area contributed by atoms with Crippen LogP contribution < -0.4 is 40.2 Å². The number of unbranched alkanes of at least 4 members (excludes halogenated alkanes) is 6. The van der Waals surface area contributed by atoms with Gasteiger partial charge >= 0.3 is 0 Å². The number of carbonyl (C=O) groups excluding carboxylic acids is 2. The molecule has 2 heterocycles. The van der Waals surface area contributed by atoms with Crippen molar-refractivity contribution in [1.29, 1.82) is 0 Å². The number of pyridine rings is 2. The summed E-state index contributed by atoms with van der Waals surface area (Å²) in [4.78, 5) is 29.6. The molecule has 0 saturated carbocycles. The van der Waals surface area contributed by atoms with Crippen LogP contribution in [0.5, 0.6) is 0 Å². The Bertz CT molecular complexity index is 2280. The van der Waals surface area contributed by atoms with Gasteiger partial charge in [-0.3, -0.25) is 9.59 Å². The Morgan fingerprint density at radius 3 is 1.23 bits per heavy atom. The number of nitrogens with one attached hydrogen (secondary N) is 4. The normalized spacial score (nSPS) is 11.3. The molecule has 6 rings (SSSR count). The number of hydrogen-bond acceptors (Lipinski definition) is 6. The maximum atomic E-state index is 12.6. The molecule has 0 aliphatic rings. The molecular weight excluding hydrogens is 769 g/mol. The van der Waals surface area contributed by atoms with Crippen LogP contribution >= 0.6 is 0 Å². The third kappa shape index (κ3) is 12.9. The number of amides is 2. The van der Waals surface area contributed by atoms with Crippen molar-refractivity contribution in [2.45, 2.75) is 104 Å². The topological polar surface area (TPSA) is 96.5 Å². The van der Waals surface area contributed by atoms with Crippen LogP contribution in [0.4, 0.5) is 11.4 Å². The fraction of sp³-hybridized carbons (Fsp3) is 0.462. The third-order valence-electron chi connectivity index (χ3n) is 11.9. The lowest BCUT2D eigenvalue weighted by Crippen LogP contribution is -2.36. The standard InChI is InChI=1S/C51H68N8O2.CH4/c1-52-36-38-18-20-40-32-41-21-19-39(37-53-2)31-47(41)58(46(40)30-38)28-14-7-10-16-50(60)54-26-12-9-13-27-55-51(61)17-11-8-15-29-59-48-34-44(56(3)4)24-22-42(48)33-43-23-25-45(57(5)6)35-49(43)59;/h18-25,30-35,52-53H,7-17,26-29,36-37H2,1-6H3;1H4/p+2.